The Morgan fingerprint density at radius 3 is 2.23 bits per heavy atom. The standard InChI is InChI=1S/C33H47N5O10/c1-20(39)45-19-21-16-23(46-26(21)27(35)36-18-25(41)47-31(2,3)4)29(43)38(28(42)22-12-11-15-37(22)24(40)17-34)33(13-9-8-10-14-33)30(44)48-32(5,6)7/h16,18,22,35H,8-15,17,19,34H2,1-7H3/t22-/m0/s1. The van der Waals surface area contributed by atoms with Crippen LogP contribution in [0.15, 0.2) is 15.5 Å². The van der Waals surface area contributed by atoms with Gasteiger partial charge in [-0.25, -0.2) is 14.6 Å². The first kappa shape index (κ1) is 38.1. The molecule has 0 aromatic carbocycles. The number of hydrogen-bond donors (Lipinski definition) is 2. The van der Waals surface area contributed by atoms with Gasteiger partial charge in [0.05, 0.1) is 6.54 Å². The third-order valence-electron chi connectivity index (χ3n) is 7.72. The number of imide groups is 1. The topological polar surface area (TPSA) is 212 Å². The molecule has 15 nitrogen and oxygen atoms in total. The first-order valence-corrected chi connectivity index (χ1v) is 16.0. The Morgan fingerprint density at radius 2 is 1.67 bits per heavy atom. The molecular weight excluding hydrogens is 626 g/mol. The molecule has 1 saturated carbocycles. The van der Waals surface area contributed by atoms with Crippen molar-refractivity contribution in [3.8, 4) is 0 Å². The quantitative estimate of drug-likeness (QED) is 0.128. The zero-order valence-corrected chi connectivity index (χ0v) is 28.8. The van der Waals surface area contributed by atoms with Crippen LogP contribution in [0.3, 0.4) is 0 Å². The van der Waals surface area contributed by atoms with Gasteiger partial charge in [-0.1, -0.05) is 19.3 Å². The van der Waals surface area contributed by atoms with Gasteiger partial charge in [0.15, 0.2) is 17.4 Å². The highest BCUT2D eigenvalue weighted by Crippen LogP contribution is 2.39. The highest BCUT2D eigenvalue weighted by atomic mass is 16.6. The van der Waals surface area contributed by atoms with E-state index < -0.39 is 76.6 Å². The summed E-state index contributed by atoms with van der Waals surface area (Å²) in [6, 6.07) is 0.125. The molecule has 0 unspecified atom stereocenters. The second-order valence-electron chi connectivity index (χ2n) is 13.9. The highest BCUT2D eigenvalue weighted by Gasteiger charge is 2.55. The van der Waals surface area contributed by atoms with Gasteiger partial charge >= 0.3 is 17.9 Å². The molecule has 2 heterocycles. The number of furan rings is 1. The summed E-state index contributed by atoms with van der Waals surface area (Å²) in [6.45, 7) is 10.6. The average Bonchev–Trinajstić information content (AvgIpc) is 3.65. The number of carbonyl (C=O) groups is 6. The first-order valence-electron chi connectivity index (χ1n) is 16.0. The van der Waals surface area contributed by atoms with E-state index in [2.05, 4.69) is 4.99 Å². The number of ether oxygens (including phenoxy) is 3. The van der Waals surface area contributed by atoms with Gasteiger partial charge in [-0.3, -0.25) is 29.5 Å². The molecule has 3 N–H and O–H groups in total. The van der Waals surface area contributed by atoms with E-state index in [1.807, 2.05) is 0 Å². The summed E-state index contributed by atoms with van der Waals surface area (Å²) in [7, 11) is 0. The average molecular weight is 674 g/mol. The fraction of sp³-hybridized carbons (Fsp3) is 0.636. The summed E-state index contributed by atoms with van der Waals surface area (Å²) in [5.41, 5.74) is 2.17. The van der Waals surface area contributed by atoms with Crippen LogP contribution >= 0.6 is 0 Å². The van der Waals surface area contributed by atoms with Gasteiger partial charge in [0, 0.05) is 19.0 Å². The summed E-state index contributed by atoms with van der Waals surface area (Å²) < 4.78 is 21.9. The predicted molar refractivity (Wildman–Crippen MR) is 172 cm³/mol. The lowest BCUT2D eigenvalue weighted by Gasteiger charge is -2.45. The zero-order chi connectivity index (χ0) is 36.0. The lowest BCUT2D eigenvalue weighted by molar-refractivity contribution is -0.175. The van der Waals surface area contributed by atoms with Crippen molar-refractivity contribution in [3.63, 3.8) is 0 Å². The first-order chi connectivity index (χ1) is 22.3. The fourth-order valence-corrected chi connectivity index (χ4v) is 5.76. The number of hydrogen-bond acceptors (Lipinski definition) is 12. The molecule has 1 aromatic rings. The molecule has 0 spiro atoms. The van der Waals surface area contributed by atoms with Crippen molar-refractivity contribution in [1.29, 1.82) is 5.41 Å². The number of amides is 3. The van der Waals surface area contributed by atoms with Crippen LogP contribution in [0, 0.1) is 5.41 Å². The molecule has 3 amide bonds. The number of nitrogens with zero attached hydrogens (tertiary/aromatic N) is 3. The van der Waals surface area contributed by atoms with Gasteiger partial charge in [-0.2, -0.15) is 0 Å². The van der Waals surface area contributed by atoms with Gasteiger partial charge in [-0.15, -0.1) is 0 Å². The van der Waals surface area contributed by atoms with Crippen molar-refractivity contribution in [2.24, 2.45) is 10.7 Å². The monoisotopic (exact) mass is 673 g/mol. The van der Waals surface area contributed by atoms with Crippen LogP contribution in [0.1, 0.15) is 115 Å². The minimum Gasteiger partial charge on any atom is -0.461 e. The minimum atomic E-state index is -1.73. The van der Waals surface area contributed by atoms with Crippen molar-refractivity contribution >= 4 is 47.7 Å². The van der Waals surface area contributed by atoms with E-state index in [1.54, 1.807) is 41.5 Å². The molecule has 0 bridgehead atoms. The van der Waals surface area contributed by atoms with Gasteiger partial charge in [0.2, 0.25) is 5.91 Å². The van der Waals surface area contributed by atoms with Crippen LogP contribution in [0.5, 0.6) is 0 Å². The maximum Gasteiger partial charge on any atom is 0.349 e. The Kier molecular flexibility index (Phi) is 12.1. The Balaban J connectivity index is 2.16. The molecule has 1 aromatic heterocycles. The highest BCUT2D eigenvalue weighted by molar-refractivity contribution is 6.26. The number of nitrogens with one attached hydrogen (secondary N) is 1. The number of amidine groups is 1. The van der Waals surface area contributed by atoms with Gasteiger partial charge in [0.25, 0.3) is 11.8 Å². The molecular formula is C33H47N5O10. The van der Waals surface area contributed by atoms with E-state index in [-0.39, 0.29) is 43.7 Å². The van der Waals surface area contributed by atoms with Crippen LogP contribution in [0.4, 0.5) is 0 Å². The molecule has 3 rings (SSSR count). The maximum absolute atomic E-state index is 14.6. The summed E-state index contributed by atoms with van der Waals surface area (Å²) in [5.74, 6) is -5.92. The number of rotatable bonds is 9. The molecule has 1 aliphatic carbocycles. The summed E-state index contributed by atoms with van der Waals surface area (Å²) in [5, 5.41) is 8.50. The minimum absolute atomic E-state index is 0.0445. The second kappa shape index (κ2) is 15.2. The lowest BCUT2D eigenvalue weighted by atomic mass is 9.79. The van der Waals surface area contributed by atoms with Gasteiger partial charge in [-0.05, 0) is 73.3 Å². The van der Waals surface area contributed by atoms with Crippen molar-refractivity contribution in [1.82, 2.24) is 9.80 Å². The molecule has 48 heavy (non-hydrogen) atoms. The number of carbonyl (C=O) groups excluding carboxylic acids is 6. The number of aliphatic imine (C=N–C) groups is 1. The molecule has 1 aliphatic heterocycles. The molecule has 264 valence electrons. The van der Waals surface area contributed by atoms with E-state index in [1.165, 1.54) is 17.9 Å². The van der Waals surface area contributed by atoms with Crippen LogP contribution < -0.4 is 5.73 Å². The molecule has 1 saturated heterocycles. The predicted octanol–water partition coefficient (Wildman–Crippen LogP) is 3.04. The third kappa shape index (κ3) is 9.36. The molecule has 2 aliphatic rings. The Hall–Kier alpha value is -4.40. The van der Waals surface area contributed by atoms with Gasteiger partial charge < -0.3 is 29.3 Å². The summed E-state index contributed by atoms with van der Waals surface area (Å²) >= 11 is 0. The van der Waals surface area contributed by atoms with Crippen molar-refractivity contribution < 1.29 is 47.4 Å². The van der Waals surface area contributed by atoms with Gasteiger partial charge in [0.1, 0.15) is 35.6 Å². The zero-order valence-electron chi connectivity index (χ0n) is 28.8. The second-order valence-corrected chi connectivity index (χ2v) is 13.9. The molecule has 1 atom stereocenters. The van der Waals surface area contributed by atoms with E-state index in [9.17, 15) is 28.8 Å². The Labute approximate surface area is 280 Å². The fourth-order valence-electron chi connectivity index (χ4n) is 5.76. The maximum atomic E-state index is 14.6. The number of likely N-dealkylation sites (tertiary alicyclic amines) is 1. The molecule has 0 radical (unpaired) electrons. The van der Waals surface area contributed by atoms with E-state index in [0.29, 0.717) is 19.3 Å². The largest absolute Gasteiger partial charge is 0.461 e. The summed E-state index contributed by atoms with van der Waals surface area (Å²) in [4.78, 5) is 85.8. The Morgan fingerprint density at radius 1 is 1.04 bits per heavy atom. The van der Waals surface area contributed by atoms with Crippen LogP contribution in [-0.4, -0.2) is 93.4 Å². The van der Waals surface area contributed by atoms with Crippen LogP contribution in [-0.2, 0) is 44.8 Å². The van der Waals surface area contributed by atoms with Crippen molar-refractivity contribution in [2.75, 3.05) is 13.1 Å². The lowest BCUT2D eigenvalue weighted by Crippen LogP contribution is -2.64. The van der Waals surface area contributed by atoms with E-state index in [0.717, 1.165) is 17.5 Å². The Bertz CT molecular complexity index is 1460. The van der Waals surface area contributed by atoms with Crippen molar-refractivity contribution in [2.45, 2.75) is 123 Å². The smallest absolute Gasteiger partial charge is 0.349 e. The molecule has 2 fully saturated rings. The SMILES string of the molecule is CC(=O)OCc1cc(C(=O)N(C(=O)[C@@H]2CCCN2C(=O)CN)C2(C(=O)OC(C)(C)C)CCCCC2)oc1C(=N)N=CC(=O)OC(C)(C)C. The summed E-state index contributed by atoms with van der Waals surface area (Å²) in [6.07, 6.45) is 3.49. The normalized spacial score (nSPS) is 17.9. The van der Waals surface area contributed by atoms with E-state index in [4.69, 9.17) is 29.8 Å². The van der Waals surface area contributed by atoms with Crippen LogP contribution in [0.2, 0.25) is 0 Å². The van der Waals surface area contributed by atoms with Crippen LogP contribution in [0.25, 0.3) is 0 Å². The van der Waals surface area contributed by atoms with Crippen molar-refractivity contribution in [3.05, 3.63) is 23.2 Å². The molecule has 15 heteroatoms. The third-order valence-corrected chi connectivity index (χ3v) is 7.72. The van der Waals surface area contributed by atoms with E-state index >= 15 is 0 Å². The number of esters is 3. The number of nitrogens with two attached hydrogens (primary N) is 1.